The molecule has 5 nitrogen and oxygen atoms in total. The maximum absolute atomic E-state index is 12.2. The largest absolute Gasteiger partial charge is 0.350 e. The van der Waals surface area contributed by atoms with Crippen LogP contribution in [-0.2, 0) is 16.1 Å². The average molecular weight is 301 g/mol. The van der Waals surface area contributed by atoms with Gasteiger partial charge in [-0.05, 0) is 37.0 Å². The molecule has 0 atom stereocenters. The van der Waals surface area contributed by atoms with Gasteiger partial charge in [-0.1, -0.05) is 25.0 Å². The first kappa shape index (κ1) is 15.0. The number of benzene rings is 1. The zero-order chi connectivity index (χ0) is 15.6. The lowest BCUT2D eigenvalue weighted by atomic mass is 9.98. The molecule has 1 heterocycles. The van der Waals surface area contributed by atoms with Crippen LogP contribution in [0.5, 0.6) is 0 Å². The summed E-state index contributed by atoms with van der Waals surface area (Å²) >= 11 is 0. The first-order chi connectivity index (χ1) is 10.6. The number of nitrogens with one attached hydrogen (secondary N) is 1. The lowest BCUT2D eigenvalue weighted by molar-refractivity contribution is -0.126. The monoisotopic (exact) mass is 301 g/mol. The lowest BCUT2D eigenvalue weighted by Crippen LogP contribution is -2.51. The molecule has 3 rings (SSSR count). The summed E-state index contributed by atoms with van der Waals surface area (Å²) in [5.74, 6) is 0.135. The predicted molar refractivity (Wildman–Crippen MR) is 85.3 cm³/mol. The summed E-state index contributed by atoms with van der Waals surface area (Å²) < 4.78 is 0. The van der Waals surface area contributed by atoms with E-state index in [1.165, 1.54) is 0 Å². The van der Waals surface area contributed by atoms with E-state index in [1.54, 1.807) is 0 Å². The van der Waals surface area contributed by atoms with E-state index < -0.39 is 5.54 Å². The van der Waals surface area contributed by atoms with Crippen molar-refractivity contribution in [1.82, 2.24) is 5.32 Å². The van der Waals surface area contributed by atoms with Crippen molar-refractivity contribution >= 4 is 17.5 Å². The molecule has 3 N–H and O–H groups in total. The molecule has 1 aliphatic carbocycles. The highest BCUT2D eigenvalue weighted by Gasteiger charge is 2.36. The van der Waals surface area contributed by atoms with Gasteiger partial charge in [0.1, 0.15) is 0 Å². The maximum atomic E-state index is 12.2. The number of hydrogen-bond donors (Lipinski definition) is 2. The Kier molecular flexibility index (Phi) is 4.16. The van der Waals surface area contributed by atoms with Gasteiger partial charge in [0.05, 0.1) is 5.54 Å². The van der Waals surface area contributed by atoms with E-state index in [1.807, 2.05) is 29.2 Å². The molecule has 0 spiro atoms. The van der Waals surface area contributed by atoms with Gasteiger partial charge in [0.2, 0.25) is 11.8 Å². The van der Waals surface area contributed by atoms with Crippen molar-refractivity contribution in [3.05, 3.63) is 29.8 Å². The van der Waals surface area contributed by atoms with Crippen LogP contribution in [-0.4, -0.2) is 23.9 Å². The zero-order valence-electron chi connectivity index (χ0n) is 12.8. The van der Waals surface area contributed by atoms with Crippen molar-refractivity contribution in [3.8, 4) is 0 Å². The minimum atomic E-state index is -0.679. The number of nitrogens with two attached hydrogens (primary N) is 1. The molecule has 1 aromatic rings. The Morgan fingerprint density at radius 2 is 1.86 bits per heavy atom. The molecule has 22 heavy (non-hydrogen) atoms. The van der Waals surface area contributed by atoms with Crippen LogP contribution >= 0.6 is 0 Å². The van der Waals surface area contributed by atoms with E-state index >= 15 is 0 Å². The van der Waals surface area contributed by atoms with Crippen LogP contribution in [0.4, 0.5) is 5.69 Å². The van der Waals surface area contributed by atoms with E-state index in [2.05, 4.69) is 5.32 Å². The van der Waals surface area contributed by atoms with Crippen molar-refractivity contribution in [3.63, 3.8) is 0 Å². The van der Waals surface area contributed by atoms with E-state index in [-0.39, 0.29) is 11.8 Å². The Balaban J connectivity index is 1.57. The molecule has 0 unspecified atom stereocenters. The molecule has 1 saturated carbocycles. The van der Waals surface area contributed by atoms with Crippen LogP contribution < -0.4 is 16.0 Å². The molecule has 5 heteroatoms. The minimum Gasteiger partial charge on any atom is -0.350 e. The van der Waals surface area contributed by atoms with E-state index in [0.29, 0.717) is 13.0 Å². The second-order valence-electron chi connectivity index (χ2n) is 6.36. The van der Waals surface area contributed by atoms with Crippen LogP contribution in [0, 0.1) is 0 Å². The quantitative estimate of drug-likeness (QED) is 0.889. The topological polar surface area (TPSA) is 75.4 Å². The Morgan fingerprint density at radius 1 is 1.18 bits per heavy atom. The molecule has 2 fully saturated rings. The molecule has 0 bridgehead atoms. The standard InChI is InChI=1S/C17H23N3O2/c18-17(9-1-2-10-17)16(22)19-12-13-5-7-14(8-6-13)20-11-3-4-15(20)21/h5-8H,1-4,9-12,18H2,(H,19,22). The third kappa shape index (κ3) is 2.99. The highest BCUT2D eigenvalue weighted by molar-refractivity contribution is 5.95. The smallest absolute Gasteiger partial charge is 0.240 e. The summed E-state index contributed by atoms with van der Waals surface area (Å²) in [5, 5.41) is 2.93. The van der Waals surface area contributed by atoms with Crippen molar-refractivity contribution in [2.45, 2.75) is 50.6 Å². The molecule has 0 radical (unpaired) electrons. The Hall–Kier alpha value is -1.88. The Bertz CT molecular complexity index is 562. The van der Waals surface area contributed by atoms with E-state index in [0.717, 1.165) is 49.9 Å². The molecule has 0 aromatic heterocycles. The Labute approximate surface area is 130 Å². The van der Waals surface area contributed by atoms with E-state index in [9.17, 15) is 9.59 Å². The zero-order valence-corrected chi connectivity index (χ0v) is 12.8. The van der Waals surface area contributed by atoms with Gasteiger partial charge in [-0.3, -0.25) is 9.59 Å². The number of carbonyl (C=O) groups is 2. The van der Waals surface area contributed by atoms with Crippen molar-refractivity contribution < 1.29 is 9.59 Å². The predicted octanol–water partition coefficient (Wildman–Crippen LogP) is 1.70. The number of anilines is 1. The minimum absolute atomic E-state index is 0.0520. The SMILES string of the molecule is NC1(C(=O)NCc2ccc(N3CCCC3=O)cc2)CCCC1. The van der Waals surface area contributed by atoms with Gasteiger partial charge in [-0.2, -0.15) is 0 Å². The number of amides is 2. The van der Waals surface area contributed by atoms with Gasteiger partial charge >= 0.3 is 0 Å². The lowest BCUT2D eigenvalue weighted by Gasteiger charge is -2.22. The molecule has 2 aliphatic rings. The molecule has 1 aromatic carbocycles. The average Bonchev–Trinajstić information content (AvgIpc) is 3.15. The van der Waals surface area contributed by atoms with Gasteiger partial charge in [0.15, 0.2) is 0 Å². The highest BCUT2D eigenvalue weighted by atomic mass is 16.2. The summed E-state index contributed by atoms with van der Waals surface area (Å²) in [5.41, 5.74) is 7.41. The van der Waals surface area contributed by atoms with Gasteiger partial charge in [-0.15, -0.1) is 0 Å². The van der Waals surface area contributed by atoms with Crippen molar-refractivity contribution in [2.24, 2.45) is 5.73 Å². The van der Waals surface area contributed by atoms with Crippen molar-refractivity contribution in [1.29, 1.82) is 0 Å². The number of carbonyl (C=O) groups excluding carboxylic acids is 2. The van der Waals surface area contributed by atoms with Crippen LogP contribution in [0.3, 0.4) is 0 Å². The fourth-order valence-corrected chi connectivity index (χ4v) is 3.31. The first-order valence-corrected chi connectivity index (χ1v) is 8.05. The summed E-state index contributed by atoms with van der Waals surface area (Å²) in [6.07, 6.45) is 5.17. The van der Waals surface area contributed by atoms with E-state index in [4.69, 9.17) is 5.73 Å². The first-order valence-electron chi connectivity index (χ1n) is 8.05. The molecule has 2 amide bonds. The third-order valence-corrected chi connectivity index (χ3v) is 4.72. The highest BCUT2D eigenvalue weighted by Crippen LogP contribution is 2.27. The van der Waals surface area contributed by atoms with Gasteiger partial charge in [0.25, 0.3) is 0 Å². The number of hydrogen-bond acceptors (Lipinski definition) is 3. The second kappa shape index (κ2) is 6.08. The Morgan fingerprint density at radius 3 is 2.45 bits per heavy atom. The summed E-state index contributed by atoms with van der Waals surface area (Å²) in [7, 11) is 0. The molecule has 118 valence electrons. The fourth-order valence-electron chi connectivity index (χ4n) is 3.31. The second-order valence-corrected chi connectivity index (χ2v) is 6.36. The van der Waals surface area contributed by atoms with Gasteiger partial charge in [0, 0.05) is 25.2 Å². The van der Waals surface area contributed by atoms with Crippen LogP contribution in [0.25, 0.3) is 0 Å². The van der Waals surface area contributed by atoms with Crippen LogP contribution in [0.2, 0.25) is 0 Å². The van der Waals surface area contributed by atoms with Crippen LogP contribution in [0.15, 0.2) is 24.3 Å². The molecular weight excluding hydrogens is 278 g/mol. The summed E-state index contributed by atoms with van der Waals surface area (Å²) in [6, 6.07) is 7.80. The third-order valence-electron chi connectivity index (χ3n) is 4.72. The van der Waals surface area contributed by atoms with Gasteiger partial charge < -0.3 is 16.0 Å². The normalized spacial score (nSPS) is 20.4. The number of nitrogens with zero attached hydrogens (tertiary/aromatic N) is 1. The van der Waals surface area contributed by atoms with Gasteiger partial charge in [-0.25, -0.2) is 0 Å². The van der Waals surface area contributed by atoms with Crippen molar-refractivity contribution in [2.75, 3.05) is 11.4 Å². The van der Waals surface area contributed by atoms with Crippen LogP contribution in [0.1, 0.15) is 44.1 Å². The summed E-state index contributed by atoms with van der Waals surface area (Å²) in [6.45, 7) is 1.27. The fraction of sp³-hybridized carbons (Fsp3) is 0.529. The summed E-state index contributed by atoms with van der Waals surface area (Å²) in [4.78, 5) is 25.7. The molecule has 1 saturated heterocycles. The molecular formula is C17H23N3O2. The maximum Gasteiger partial charge on any atom is 0.240 e. The number of rotatable bonds is 4. The molecule has 1 aliphatic heterocycles.